The summed E-state index contributed by atoms with van der Waals surface area (Å²) < 4.78 is 0. The lowest BCUT2D eigenvalue weighted by Gasteiger charge is -2.27. The Morgan fingerprint density at radius 3 is 2.45 bits per heavy atom. The maximum atomic E-state index is 11.9. The molecule has 1 saturated heterocycles. The van der Waals surface area contributed by atoms with Crippen LogP contribution in [0.5, 0.6) is 0 Å². The zero-order chi connectivity index (χ0) is 15.4. The molecule has 3 N–H and O–H groups in total. The normalized spacial score (nSPS) is 14.2. The van der Waals surface area contributed by atoms with Crippen molar-refractivity contribution in [3.8, 4) is 0 Å². The van der Waals surface area contributed by atoms with Gasteiger partial charge in [-0.25, -0.2) is 4.79 Å². The molecule has 1 fully saturated rings. The molecule has 0 atom stereocenters. The average Bonchev–Trinajstić information content (AvgIpc) is 2.44. The number of carbonyl (C=O) groups excluding carboxylic acids is 1. The summed E-state index contributed by atoms with van der Waals surface area (Å²) in [5.41, 5.74) is 2.74. The first-order valence-corrected chi connectivity index (χ1v) is 7.70. The van der Waals surface area contributed by atoms with E-state index >= 15 is 0 Å². The maximum absolute atomic E-state index is 11.9. The van der Waals surface area contributed by atoms with Crippen molar-refractivity contribution in [3.05, 3.63) is 59.1 Å². The highest BCUT2D eigenvalue weighted by molar-refractivity contribution is 6.30. The van der Waals surface area contributed by atoms with Crippen molar-refractivity contribution in [1.29, 1.82) is 0 Å². The summed E-state index contributed by atoms with van der Waals surface area (Å²) in [6, 6.07) is 14.8. The fourth-order valence-corrected chi connectivity index (χ4v) is 2.60. The number of nitrogens with one attached hydrogen (secondary N) is 3. The topological polar surface area (TPSA) is 53.2 Å². The molecular weight excluding hydrogens is 298 g/mol. The van der Waals surface area contributed by atoms with Gasteiger partial charge in [-0.2, -0.15) is 0 Å². The van der Waals surface area contributed by atoms with Gasteiger partial charge in [0.1, 0.15) is 0 Å². The Morgan fingerprint density at radius 2 is 1.82 bits per heavy atom. The molecule has 0 bridgehead atoms. The van der Waals surface area contributed by atoms with Crippen LogP contribution in [0.4, 0.5) is 16.2 Å². The van der Waals surface area contributed by atoms with Crippen LogP contribution in [0.1, 0.15) is 5.56 Å². The highest BCUT2D eigenvalue weighted by Gasteiger charge is 2.16. The molecule has 2 aromatic carbocycles. The molecule has 0 saturated carbocycles. The lowest BCUT2D eigenvalue weighted by molar-refractivity contribution is 0.262. The van der Waals surface area contributed by atoms with Crippen molar-refractivity contribution < 1.29 is 4.79 Å². The van der Waals surface area contributed by atoms with Crippen molar-refractivity contribution >= 4 is 29.0 Å². The van der Waals surface area contributed by atoms with E-state index in [4.69, 9.17) is 11.6 Å². The maximum Gasteiger partial charge on any atom is 0.323 e. The van der Waals surface area contributed by atoms with E-state index in [2.05, 4.69) is 28.1 Å². The Morgan fingerprint density at radius 1 is 1.09 bits per heavy atom. The minimum Gasteiger partial charge on any atom is -0.316 e. The smallest absolute Gasteiger partial charge is 0.316 e. The molecule has 0 unspecified atom stereocenters. The predicted octanol–water partition coefficient (Wildman–Crippen LogP) is 3.75. The molecule has 114 valence electrons. The molecule has 4 nitrogen and oxygen atoms in total. The number of benzene rings is 2. The fourth-order valence-electron chi connectivity index (χ4n) is 2.41. The van der Waals surface area contributed by atoms with Gasteiger partial charge in [-0.15, -0.1) is 0 Å². The van der Waals surface area contributed by atoms with E-state index in [-0.39, 0.29) is 6.03 Å². The summed E-state index contributed by atoms with van der Waals surface area (Å²) in [5.74, 6) is 0.741. The third kappa shape index (κ3) is 4.00. The molecule has 5 heteroatoms. The zero-order valence-corrected chi connectivity index (χ0v) is 12.9. The number of carbonyl (C=O) groups is 1. The van der Waals surface area contributed by atoms with Gasteiger partial charge in [-0.05, 0) is 61.3 Å². The van der Waals surface area contributed by atoms with Crippen molar-refractivity contribution in [2.75, 3.05) is 23.7 Å². The van der Waals surface area contributed by atoms with Crippen molar-refractivity contribution in [3.63, 3.8) is 0 Å². The Labute approximate surface area is 134 Å². The van der Waals surface area contributed by atoms with Gasteiger partial charge in [-0.3, -0.25) is 0 Å². The summed E-state index contributed by atoms with van der Waals surface area (Å²) in [6.07, 6.45) is 1.09. The first-order chi connectivity index (χ1) is 10.7. The van der Waals surface area contributed by atoms with Crippen LogP contribution in [0.25, 0.3) is 0 Å². The number of halogens is 1. The minimum absolute atomic E-state index is 0.279. The van der Waals surface area contributed by atoms with Gasteiger partial charge in [0.05, 0.1) is 0 Å². The van der Waals surface area contributed by atoms with Gasteiger partial charge in [0, 0.05) is 16.4 Å². The van der Waals surface area contributed by atoms with Crippen LogP contribution in [0, 0.1) is 5.92 Å². The molecule has 2 aromatic rings. The van der Waals surface area contributed by atoms with Gasteiger partial charge in [0.25, 0.3) is 0 Å². The number of rotatable bonds is 4. The van der Waals surface area contributed by atoms with Crippen LogP contribution in [0.3, 0.4) is 0 Å². The Bertz CT molecular complexity index is 653. The van der Waals surface area contributed by atoms with Crippen LogP contribution in [-0.2, 0) is 6.42 Å². The largest absolute Gasteiger partial charge is 0.323 e. The van der Waals surface area contributed by atoms with Crippen LogP contribution in [0.2, 0.25) is 5.02 Å². The van der Waals surface area contributed by atoms with E-state index in [1.54, 1.807) is 24.3 Å². The Kier molecular flexibility index (Phi) is 4.61. The van der Waals surface area contributed by atoms with Crippen LogP contribution in [0.15, 0.2) is 48.5 Å². The van der Waals surface area contributed by atoms with E-state index in [9.17, 15) is 4.79 Å². The monoisotopic (exact) mass is 315 g/mol. The number of urea groups is 1. The fraction of sp³-hybridized carbons (Fsp3) is 0.235. The molecule has 0 aromatic heterocycles. The van der Waals surface area contributed by atoms with Gasteiger partial charge in [0.15, 0.2) is 0 Å². The van der Waals surface area contributed by atoms with Crippen molar-refractivity contribution in [2.24, 2.45) is 5.92 Å². The third-order valence-corrected chi connectivity index (χ3v) is 3.92. The lowest BCUT2D eigenvalue weighted by Crippen LogP contribution is -2.43. The van der Waals surface area contributed by atoms with E-state index in [1.807, 2.05) is 12.1 Å². The molecule has 0 aliphatic carbocycles. The van der Waals surface area contributed by atoms with Crippen LogP contribution < -0.4 is 16.0 Å². The molecule has 0 spiro atoms. The number of anilines is 2. The first-order valence-electron chi connectivity index (χ1n) is 7.32. The van der Waals surface area contributed by atoms with Gasteiger partial charge in [0.2, 0.25) is 0 Å². The van der Waals surface area contributed by atoms with E-state index in [0.717, 1.165) is 31.1 Å². The molecule has 1 heterocycles. The summed E-state index contributed by atoms with van der Waals surface area (Å²) in [7, 11) is 0. The first kappa shape index (κ1) is 14.9. The van der Waals surface area contributed by atoms with E-state index in [0.29, 0.717) is 10.7 Å². The molecule has 2 amide bonds. The van der Waals surface area contributed by atoms with E-state index < -0.39 is 0 Å². The number of hydrogen-bond acceptors (Lipinski definition) is 2. The second-order valence-corrected chi connectivity index (χ2v) is 5.95. The van der Waals surface area contributed by atoms with E-state index in [1.165, 1.54) is 5.56 Å². The van der Waals surface area contributed by atoms with Crippen LogP contribution >= 0.6 is 11.6 Å². The summed E-state index contributed by atoms with van der Waals surface area (Å²) >= 11 is 5.89. The summed E-state index contributed by atoms with van der Waals surface area (Å²) in [5, 5.41) is 9.43. The highest BCUT2D eigenvalue weighted by atomic mass is 35.5. The second-order valence-electron chi connectivity index (χ2n) is 5.51. The number of amides is 2. The van der Waals surface area contributed by atoms with Gasteiger partial charge in [-0.1, -0.05) is 29.8 Å². The Hall–Kier alpha value is -2.04. The van der Waals surface area contributed by atoms with Gasteiger partial charge >= 0.3 is 6.03 Å². The second kappa shape index (κ2) is 6.81. The Balaban J connectivity index is 1.54. The van der Waals surface area contributed by atoms with Crippen molar-refractivity contribution in [1.82, 2.24) is 5.32 Å². The average molecular weight is 316 g/mol. The molecule has 3 rings (SSSR count). The summed E-state index contributed by atoms with van der Waals surface area (Å²) in [6.45, 7) is 2.20. The molecule has 22 heavy (non-hydrogen) atoms. The predicted molar refractivity (Wildman–Crippen MR) is 90.6 cm³/mol. The zero-order valence-electron chi connectivity index (χ0n) is 12.1. The van der Waals surface area contributed by atoms with Crippen molar-refractivity contribution in [2.45, 2.75) is 6.42 Å². The number of hydrogen-bond donors (Lipinski definition) is 3. The molecular formula is C17H18ClN3O. The molecule has 1 aliphatic heterocycles. The minimum atomic E-state index is -0.279. The quantitative estimate of drug-likeness (QED) is 0.805. The molecule has 0 radical (unpaired) electrons. The van der Waals surface area contributed by atoms with Crippen LogP contribution in [-0.4, -0.2) is 19.1 Å². The standard InChI is InChI=1S/C17H18ClN3O/c18-14-2-1-3-16(9-14)21-17(22)20-15-6-4-12(5-7-15)8-13-10-19-11-13/h1-7,9,13,19H,8,10-11H2,(H2,20,21,22). The SMILES string of the molecule is O=C(Nc1ccc(CC2CNC2)cc1)Nc1cccc(Cl)c1. The lowest BCUT2D eigenvalue weighted by atomic mass is 9.94. The highest BCUT2D eigenvalue weighted by Crippen LogP contribution is 2.17. The third-order valence-electron chi connectivity index (χ3n) is 3.68. The summed E-state index contributed by atoms with van der Waals surface area (Å²) in [4.78, 5) is 11.9. The van der Waals surface area contributed by atoms with Gasteiger partial charge < -0.3 is 16.0 Å². The molecule has 1 aliphatic rings.